The summed E-state index contributed by atoms with van der Waals surface area (Å²) in [6.45, 7) is 4.40. The van der Waals surface area contributed by atoms with E-state index in [1.54, 1.807) is 0 Å². The van der Waals surface area contributed by atoms with E-state index >= 15 is 0 Å². The van der Waals surface area contributed by atoms with Gasteiger partial charge in [0.15, 0.2) is 0 Å². The Labute approximate surface area is 68.2 Å². The lowest BCUT2D eigenvalue weighted by atomic mass is 9.69. The molecule has 4 unspecified atom stereocenters. The van der Waals surface area contributed by atoms with E-state index in [4.69, 9.17) is 0 Å². The second kappa shape index (κ2) is 2.09. The van der Waals surface area contributed by atoms with Crippen LogP contribution in [0.5, 0.6) is 0 Å². The van der Waals surface area contributed by atoms with Gasteiger partial charge in [0.25, 0.3) is 0 Å². The van der Waals surface area contributed by atoms with Crippen LogP contribution in [0.1, 0.15) is 33.1 Å². The van der Waals surface area contributed by atoms with Gasteiger partial charge in [-0.2, -0.15) is 0 Å². The van der Waals surface area contributed by atoms with Crippen molar-refractivity contribution >= 4 is 6.29 Å². The molecule has 0 heterocycles. The van der Waals surface area contributed by atoms with Gasteiger partial charge in [0.1, 0.15) is 6.29 Å². The van der Waals surface area contributed by atoms with Crippen LogP contribution in [0.15, 0.2) is 0 Å². The van der Waals surface area contributed by atoms with E-state index < -0.39 is 0 Å². The van der Waals surface area contributed by atoms with Gasteiger partial charge >= 0.3 is 0 Å². The largest absolute Gasteiger partial charge is 0.303 e. The van der Waals surface area contributed by atoms with Gasteiger partial charge in [0, 0.05) is 5.41 Å². The molecule has 2 rings (SSSR count). The number of carbonyl (C=O) groups is 1. The first-order valence-corrected chi connectivity index (χ1v) is 4.65. The third-order valence-electron chi connectivity index (χ3n) is 4.30. The van der Waals surface area contributed by atoms with Crippen LogP contribution in [0.2, 0.25) is 0 Å². The summed E-state index contributed by atoms with van der Waals surface area (Å²) in [6, 6.07) is 0. The second-order valence-corrected chi connectivity index (χ2v) is 4.54. The minimum absolute atomic E-state index is 0.0307. The highest BCUT2D eigenvalue weighted by Crippen LogP contribution is 2.58. The number of rotatable bonds is 1. The third-order valence-corrected chi connectivity index (χ3v) is 4.30. The van der Waals surface area contributed by atoms with Crippen molar-refractivity contribution in [2.45, 2.75) is 33.1 Å². The summed E-state index contributed by atoms with van der Waals surface area (Å²) in [6.07, 6.45) is 5.19. The van der Waals surface area contributed by atoms with Crippen molar-refractivity contribution in [1.29, 1.82) is 0 Å². The lowest BCUT2D eigenvalue weighted by molar-refractivity contribution is -0.120. The summed E-state index contributed by atoms with van der Waals surface area (Å²) in [5.41, 5.74) is 0.0307. The topological polar surface area (TPSA) is 17.1 Å². The summed E-state index contributed by atoms with van der Waals surface area (Å²) < 4.78 is 0. The molecule has 0 spiro atoms. The fourth-order valence-electron chi connectivity index (χ4n) is 3.12. The average molecular weight is 152 g/mol. The fourth-order valence-corrected chi connectivity index (χ4v) is 3.12. The first kappa shape index (κ1) is 7.33. The van der Waals surface area contributed by atoms with Crippen LogP contribution in [0.3, 0.4) is 0 Å². The molecule has 2 aliphatic carbocycles. The molecular weight excluding hydrogens is 136 g/mol. The minimum Gasteiger partial charge on any atom is -0.303 e. The first-order valence-electron chi connectivity index (χ1n) is 4.65. The van der Waals surface area contributed by atoms with E-state index in [0.717, 1.165) is 5.92 Å². The molecule has 0 amide bonds. The monoisotopic (exact) mass is 152 g/mol. The van der Waals surface area contributed by atoms with Gasteiger partial charge in [-0.3, -0.25) is 0 Å². The standard InChI is InChI=1S/C10H16O/c1-7-8-3-4-9(5-8)10(7,2)6-11/h6-9H,3-5H2,1-2H3. The van der Waals surface area contributed by atoms with Crippen molar-refractivity contribution in [3.05, 3.63) is 0 Å². The molecule has 0 aromatic carbocycles. The Balaban J connectivity index is 2.29. The van der Waals surface area contributed by atoms with Gasteiger partial charge in [-0.05, 0) is 37.0 Å². The highest BCUT2D eigenvalue weighted by Gasteiger charge is 2.53. The number of fused-ring (bicyclic) bond motifs is 2. The van der Waals surface area contributed by atoms with Crippen molar-refractivity contribution in [3.8, 4) is 0 Å². The zero-order chi connectivity index (χ0) is 8.06. The van der Waals surface area contributed by atoms with Crippen molar-refractivity contribution in [3.63, 3.8) is 0 Å². The molecule has 4 atom stereocenters. The summed E-state index contributed by atoms with van der Waals surface area (Å²) >= 11 is 0. The molecule has 0 radical (unpaired) electrons. The van der Waals surface area contributed by atoms with E-state index in [-0.39, 0.29) is 5.41 Å². The Hall–Kier alpha value is -0.330. The molecule has 1 nitrogen and oxygen atoms in total. The molecule has 11 heavy (non-hydrogen) atoms. The zero-order valence-corrected chi connectivity index (χ0v) is 7.34. The van der Waals surface area contributed by atoms with E-state index in [1.165, 1.54) is 25.5 Å². The number of aldehydes is 1. The molecule has 0 saturated heterocycles. The van der Waals surface area contributed by atoms with E-state index in [0.29, 0.717) is 11.8 Å². The van der Waals surface area contributed by atoms with Gasteiger partial charge in [0.2, 0.25) is 0 Å². The first-order chi connectivity index (χ1) is 5.18. The molecule has 2 fully saturated rings. The van der Waals surface area contributed by atoms with Crippen molar-refractivity contribution in [1.82, 2.24) is 0 Å². The smallest absolute Gasteiger partial charge is 0.126 e. The Kier molecular flexibility index (Phi) is 1.39. The maximum Gasteiger partial charge on any atom is 0.126 e. The summed E-state index contributed by atoms with van der Waals surface area (Å²) in [4.78, 5) is 10.9. The number of carbonyl (C=O) groups excluding carboxylic acids is 1. The maximum absolute atomic E-state index is 10.9. The quantitative estimate of drug-likeness (QED) is 0.527. The van der Waals surface area contributed by atoms with Gasteiger partial charge in [0.05, 0.1) is 0 Å². The molecule has 1 heteroatoms. The molecule has 2 saturated carbocycles. The Morgan fingerprint density at radius 1 is 1.45 bits per heavy atom. The van der Waals surface area contributed by atoms with Crippen LogP contribution >= 0.6 is 0 Å². The molecule has 2 aliphatic rings. The van der Waals surface area contributed by atoms with Gasteiger partial charge < -0.3 is 4.79 Å². The SMILES string of the molecule is CC1C2CCC(C2)C1(C)C=O. The van der Waals surface area contributed by atoms with Gasteiger partial charge in [-0.1, -0.05) is 13.8 Å². The predicted octanol–water partition coefficient (Wildman–Crippen LogP) is 2.26. The molecule has 0 N–H and O–H groups in total. The number of hydrogen-bond acceptors (Lipinski definition) is 1. The van der Waals surface area contributed by atoms with Gasteiger partial charge in [-0.25, -0.2) is 0 Å². The third kappa shape index (κ3) is 0.743. The average Bonchev–Trinajstić information content (AvgIpc) is 2.56. The van der Waals surface area contributed by atoms with Crippen molar-refractivity contribution in [2.24, 2.45) is 23.2 Å². The van der Waals surface area contributed by atoms with Crippen LogP contribution in [0, 0.1) is 23.2 Å². The molecular formula is C10H16O. The van der Waals surface area contributed by atoms with Gasteiger partial charge in [-0.15, -0.1) is 0 Å². The second-order valence-electron chi connectivity index (χ2n) is 4.54. The Morgan fingerprint density at radius 2 is 2.18 bits per heavy atom. The van der Waals surface area contributed by atoms with Crippen LogP contribution in [-0.2, 0) is 4.79 Å². The minimum atomic E-state index is 0.0307. The van der Waals surface area contributed by atoms with Crippen LogP contribution in [-0.4, -0.2) is 6.29 Å². The van der Waals surface area contributed by atoms with Crippen molar-refractivity contribution < 1.29 is 4.79 Å². The van der Waals surface area contributed by atoms with E-state index in [9.17, 15) is 4.79 Å². The molecule has 62 valence electrons. The normalized spacial score (nSPS) is 54.9. The Bertz CT molecular complexity index is 183. The molecule has 0 aromatic heterocycles. The molecule has 0 aromatic rings. The maximum atomic E-state index is 10.9. The lowest BCUT2D eigenvalue weighted by Crippen LogP contribution is -2.33. The van der Waals surface area contributed by atoms with Crippen molar-refractivity contribution in [2.75, 3.05) is 0 Å². The Morgan fingerprint density at radius 3 is 2.55 bits per heavy atom. The highest BCUT2D eigenvalue weighted by atomic mass is 16.1. The summed E-state index contributed by atoms with van der Waals surface area (Å²) in [5, 5.41) is 0. The summed E-state index contributed by atoms with van der Waals surface area (Å²) in [7, 11) is 0. The number of hydrogen-bond donors (Lipinski definition) is 0. The van der Waals surface area contributed by atoms with E-state index in [1.807, 2.05) is 0 Å². The molecule has 2 bridgehead atoms. The fraction of sp³-hybridized carbons (Fsp3) is 0.900. The van der Waals surface area contributed by atoms with Crippen LogP contribution < -0.4 is 0 Å². The molecule has 0 aliphatic heterocycles. The van der Waals surface area contributed by atoms with Crippen LogP contribution in [0.25, 0.3) is 0 Å². The zero-order valence-electron chi connectivity index (χ0n) is 7.34. The predicted molar refractivity (Wildman–Crippen MR) is 44.2 cm³/mol. The summed E-state index contributed by atoms with van der Waals surface area (Å²) in [5.74, 6) is 2.20. The van der Waals surface area contributed by atoms with Crippen LogP contribution in [0.4, 0.5) is 0 Å². The highest BCUT2D eigenvalue weighted by molar-refractivity contribution is 5.61. The van der Waals surface area contributed by atoms with E-state index in [2.05, 4.69) is 13.8 Å². The lowest BCUT2D eigenvalue weighted by Gasteiger charge is -2.34.